The number of imide groups is 1. The number of nitrogens with two attached hydrogens (primary N) is 1. The lowest BCUT2D eigenvalue weighted by Crippen LogP contribution is -2.92. The standard InChI is InChI=1S/C20H17Cl2N3O2/c21-13-5-6-18(15(22)9-13)25-19(26)10-17(20(25)27)23-8-7-12-11-24-16-4-2-1-3-14(12)16/h1-6,9,11,17,23-24H,7-8,10H2/p+1/t17-/m1/s1. The number of hydrogen-bond acceptors (Lipinski definition) is 2. The Morgan fingerprint density at radius 2 is 1.96 bits per heavy atom. The molecule has 27 heavy (non-hydrogen) atoms. The lowest BCUT2D eigenvalue weighted by Gasteiger charge is -2.15. The molecule has 1 atom stereocenters. The molecule has 7 heteroatoms. The molecule has 0 spiro atoms. The molecule has 0 aliphatic carbocycles. The predicted molar refractivity (Wildman–Crippen MR) is 106 cm³/mol. The topological polar surface area (TPSA) is 69.8 Å². The number of amides is 2. The number of nitrogens with one attached hydrogen (secondary N) is 1. The van der Waals surface area contributed by atoms with Crippen molar-refractivity contribution in [1.82, 2.24) is 4.98 Å². The van der Waals surface area contributed by atoms with Crippen molar-refractivity contribution in [1.29, 1.82) is 0 Å². The highest BCUT2D eigenvalue weighted by Crippen LogP contribution is 2.31. The molecule has 1 fully saturated rings. The van der Waals surface area contributed by atoms with Gasteiger partial charge < -0.3 is 10.3 Å². The SMILES string of the molecule is O=C1C[C@@H]([NH2+]CCc2c[nH]c3ccccc23)C(=O)N1c1ccc(Cl)cc1Cl. The molecule has 1 saturated heterocycles. The van der Waals surface area contributed by atoms with Crippen molar-refractivity contribution in [3.8, 4) is 0 Å². The number of carbonyl (C=O) groups is 2. The van der Waals surface area contributed by atoms with Crippen molar-refractivity contribution in [2.75, 3.05) is 11.4 Å². The third-order valence-corrected chi connectivity index (χ3v) is 5.41. The summed E-state index contributed by atoms with van der Waals surface area (Å²) in [5.41, 5.74) is 2.70. The van der Waals surface area contributed by atoms with Crippen molar-refractivity contribution in [2.24, 2.45) is 0 Å². The van der Waals surface area contributed by atoms with Crippen LogP contribution in [-0.2, 0) is 16.0 Å². The zero-order chi connectivity index (χ0) is 19.0. The fourth-order valence-corrected chi connectivity index (χ4v) is 4.03. The van der Waals surface area contributed by atoms with Crippen LogP contribution in [0.25, 0.3) is 10.9 Å². The van der Waals surface area contributed by atoms with Crippen LogP contribution in [-0.4, -0.2) is 29.4 Å². The number of aromatic amines is 1. The smallest absolute Gasteiger partial charge is 0.292 e. The lowest BCUT2D eigenvalue weighted by molar-refractivity contribution is -0.674. The van der Waals surface area contributed by atoms with Crippen LogP contribution in [0.5, 0.6) is 0 Å². The molecule has 2 amide bonds. The maximum absolute atomic E-state index is 12.7. The van der Waals surface area contributed by atoms with Crippen molar-refractivity contribution in [2.45, 2.75) is 18.9 Å². The summed E-state index contributed by atoms with van der Waals surface area (Å²) in [4.78, 5) is 29.5. The van der Waals surface area contributed by atoms with Gasteiger partial charge >= 0.3 is 0 Å². The first-order chi connectivity index (χ1) is 13.0. The minimum atomic E-state index is -0.422. The van der Waals surface area contributed by atoms with Crippen LogP contribution in [0.1, 0.15) is 12.0 Å². The summed E-state index contributed by atoms with van der Waals surface area (Å²) in [6.45, 7) is 0.716. The van der Waals surface area contributed by atoms with E-state index in [1.54, 1.807) is 12.1 Å². The van der Waals surface area contributed by atoms with Gasteiger partial charge in [-0.2, -0.15) is 0 Å². The van der Waals surface area contributed by atoms with Crippen LogP contribution >= 0.6 is 23.2 Å². The van der Waals surface area contributed by atoms with E-state index in [0.717, 1.165) is 11.9 Å². The van der Waals surface area contributed by atoms with E-state index in [1.165, 1.54) is 21.9 Å². The Morgan fingerprint density at radius 1 is 1.15 bits per heavy atom. The average Bonchev–Trinajstić information content (AvgIpc) is 3.17. The van der Waals surface area contributed by atoms with Crippen LogP contribution in [0.3, 0.4) is 0 Å². The van der Waals surface area contributed by atoms with Gasteiger partial charge in [-0.05, 0) is 29.8 Å². The maximum atomic E-state index is 12.7. The van der Waals surface area contributed by atoms with Crippen molar-refractivity contribution in [3.63, 3.8) is 0 Å². The largest absolute Gasteiger partial charge is 0.361 e. The molecule has 138 valence electrons. The molecule has 0 bridgehead atoms. The van der Waals surface area contributed by atoms with Crippen LogP contribution in [0.4, 0.5) is 5.69 Å². The number of quaternary nitrogens is 1. The fraction of sp³-hybridized carbons (Fsp3) is 0.200. The molecule has 3 N–H and O–H groups in total. The second kappa shape index (κ2) is 7.35. The highest BCUT2D eigenvalue weighted by Gasteiger charge is 2.42. The number of aromatic nitrogens is 1. The van der Waals surface area contributed by atoms with E-state index in [2.05, 4.69) is 11.1 Å². The van der Waals surface area contributed by atoms with Crippen LogP contribution in [0.2, 0.25) is 10.0 Å². The number of para-hydroxylation sites is 1. The average molecular weight is 403 g/mol. The Bertz CT molecular complexity index is 1030. The maximum Gasteiger partial charge on any atom is 0.292 e. The Kier molecular flexibility index (Phi) is 4.91. The minimum Gasteiger partial charge on any atom is -0.361 e. The fourth-order valence-electron chi connectivity index (χ4n) is 3.53. The second-order valence-corrected chi connectivity index (χ2v) is 7.45. The Balaban J connectivity index is 1.43. The molecule has 1 aliphatic rings. The molecule has 1 aliphatic heterocycles. The summed E-state index contributed by atoms with van der Waals surface area (Å²) < 4.78 is 0. The molecular weight excluding hydrogens is 385 g/mol. The van der Waals surface area contributed by atoms with Gasteiger partial charge in [-0.25, -0.2) is 4.90 Å². The quantitative estimate of drug-likeness (QED) is 0.644. The number of H-pyrrole nitrogens is 1. The number of nitrogens with zero attached hydrogens (tertiary/aromatic N) is 1. The highest BCUT2D eigenvalue weighted by molar-refractivity contribution is 6.38. The van der Waals surface area contributed by atoms with E-state index >= 15 is 0 Å². The van der Waals surface area contributed by atoms with E-state index < -0.39 is 6.04 Å². The number of rotatable bonds is 5. The molecule has 5 nitrogen and oxygen atoms in total. The van der Waals surface area contributed by atoms with Crippen LogP contribution < -0.4 is 10.2 Å². The third-order valence-electron chi connectivity index (χ3n) is 4.87. The number of halogens is 2. The molecule has 2 aromatic carbocycles. The zero-order valence-electron chi connectivity index (χ0n) is 14.4. The van der Waals surface area contributed by atoms with Crippen LogP contribution in [0.15, 0.2) is 48.7 Å². The van der Waals surface area contributed by atoms with Gasteiger partial charge in [-0.1, -0.05) is 41.4 Å². The van der Waals surface area contributed by atoms with Gasteiger partial charge in [0.25, 0.3) is 5.91 Å². The van der Waals surface area contributed by atoms with Gasteiger partial charge in [0.15, 0.2) is 6.04 Å². The monoisotopic (exact) mass is 402 g/mol. The van der Waals surface area contributed by atoms with Gasteiger partial charge in [-0.3, -0.25) is 9.59 Å². The molecule has 4 rings (SSSR count). The van der Waals surface area contributed by atoms with E-state index in [4.69, 9.17) is 23.2 Å². The second-order valence-electron chi connectivity index (χ2n) is 6.61. The minimum absolute atomic E-state index is 0.172. The Labute approximate surface area is 166 Å². The van der Waals surface area contributed by atoms with E-state index in [0.29, 0.717) is 22.3 Å². The molecule has 1 aromatic heterocycles. The highest BCUT2D eigenvalue weighted by atomic mass is 35.5. The summed E-state index contributed by atoms with van der Waals surface area (Å²) in [6.07, 6.45) is 2.98. The van der Waals surface area contributed by atoms with Crippen molar-refractivity contribution < 1.29 is 14.9 Å². The first-order valence-corrected chi connectivity index (χ1v) is 9.50. The Morgan fingerprint density at radius 3 is 2.78 bits per heavy atom. The van der Waals surface area contributed by atoms with Crippen molar-refractivity contribution >= 4 is 51.6 Å². The van der Waals surface area contributed by atoms with Gasteiger partial charge in [0, 0.05) is 28.5 Å². The third kappa shape index (κ3) is 3.46. The summed E-state index contributed by atoms with van der Waals surface area (Å²) in [5.74, 6) is -0.472. The Hall–Kier alpha value is -2.34. The summed E-state index contributed by atoms with van der Waals surface area (Å²) in [7, 11) is 0. The molecule has 2 heterocycles. The van der Waals surface area contributed by atoms with E-state index in [-0.39, 0.29) is 18.2 Å². The van der Waals surface area contributed by atoms with Gasteiger partial charge in [0.2, 0.25) is 5.91 Å². The summed E-state index contributed by atoms with van der Waals surface area (Å²) in [6, 6.07) is 12.5. The van der Waals surface area contributed by atoms with Crippen LogP contribution in [0, 0.1) is 0 Å². The van der Waals surface area contributed by atoms with E-state index in [9.17, 15) is 9.59 Å². The normalized spacial score (nSPS) is 17.3. The lowest BCUT2D eigenvalue weighted by atomic mass is 10.1. The predicted octanol–water partition coefficient (Wildman–Crippen LogP) is 2.91. The number of carbonyl (C=O) groups excluding carboxylic acids is 2. The molecule has 0 saturated carbocycles. The van der Waals surface area contributed by atoms with E-state index in [1.807, 2.05) is 29.7 Å². The van der Waals surface area contributed by atoms with Gasteiger partial charge in [0.1, 0.15) is 0 Å². The molecular formula is C20H18Cl2N3O2+. The molecule has 3 aromatic rings. The molecule has 0 radical (unpaired) electrons. The summed E-state index contributed by atoms with van der Waals surface area (Å²) in [5, 5.41) is 3.88. The first kappa shape index (κ1) is 18.0. The number of hydrogen-bond donors (Lipinski definition) is 2. The van der Waals surface area contributed by atoms with Gasteiger partial charge in [0.05, 0.1) is 23.7 Å². The first-order valence-electron chi connectivity index (χ1n) is 8.75. The zero-order valence-corrected chi connectivity index (χ0v) is 15.9. The van der Waals surface area contributed by atoms with Gasteiger partial charge in [-0.15, -0.1) is 0 Å². The summed E-state index contributed by atoms with van der Waals surface area (Å²) >= 11 is 12.1. The number of benzene rings is 2. The van der Waals surface area contributed by atoms with Crippen molar-refractivity contribution in [3.05, 3.63) is 64.3 Å². The number of fused-ring (bicyclic) bond motifs is 1. The number of anilines is 1. The molecule has 0 unspecified atom stereocenters.